The van der Waals surface area contributed by atoms with Gasteiger partial charge in [0.15, 0.2) is 17.5 Å². The fourth-order valence-corrected chi connectivity index (χ4v) is 3.55. The Labute approximate surface area is 176 Å². The highest BCUT2D eigenvalue weighted by atomic mass is 32.2. The maximum absolute atomic E-state index is 13.1. The molecule has 0 N–H and O–H groups in total. The van der Waals surface area contributed by atoms with Crippen molar-refractivity contribution in [2.24, 2.45) is 17.0 Å². The molecule has 0 radical (unpaired) electrons. The van der Waals surface area contributed by atoms with Gasteiger partial charge in [-0.15, -0.1) is 0 Å². The van der Waals surface area contributed by atoms with Crippen molar-refractivity contribution >= 4 is 46.4 Å². The molecule has 3 aromatic rings. The summed E-state index contributed by atoms with van der Waals surface area (Å²) in [6, 6.07) is 18.7. The quantitative estimate of drug-likeness (QED) is 0.273. The third-order valence-corrected chi connectivity index (χ3v) is 4.99. The summed E-state index contributed by atoms with van der Waals surface area (Å²) in [5.41, 5.74) is 1.85. The molecule has 0 bridgehead atoms. The number of aromatic nitrogens is 2. The van der Waals surface area contributed by atoms with Crippen molar-refractivity contribution in [3.05, 3.63) is 78.1 Å². The van der Waals surface area contributed by atoms with E-state index in [1.807, 2.05) is 60.7 Å². The zero-order valence-corrected chi connectivity index (χ0v) is 16.8. The summed E-state index contributed by atoms with van der Waals surface area (Å²) in [6.07, 6.45) is 3.22. The summed E-state index contributed by atoms with van der Waals surface area (Å²) in [5, 5.41) is 16.3. The zero-order valence-electron chi connectivity index (χ0n) is 16.0. The molecule has 1 aliphatic rings. The number of benzene rings is 2. The molecule has 1 aliphatic heterocycles. The molecule has 150 valence electrons. The number of thioether (sulfide) groups is 1. The number of aryl methyl sites for hydroxylation is 1. The predicted octanol–water partition coefficient (Wildman–Crippen LogP) is 2.07. The Hall–Kier alpha value is -3.72. The minimum Gasteiger partial charge on any atom is -0.861 e. The van der Waals surface area contributed by atoms with E-state index in [4.69, 9.17) is 4.52 Å². The van der Waals surface area contributed by atoms with Crippen molar-refractivity contribution in [3.8, 4) is 0 Å². The summed E-state index contributed by atoms with van der Waals surface area (Å²) in [5.74, 6) is -0.546. The summed E-state index contributed by atoms with van der Waals surface area (Å²) in [7, 11) is 1.67. The standard InChI is InChI=1S/C21H17N5O3S/c1-25-13-19(29-24-25)23-18(27)14-30-21-22-17(12-15-8-4-2-5-9-15)20(28)26(21)16-10-6-3-7-11-16/h2-13H,14H2,1H3/b17-12+. The van der Waals surface area contributed by atoms with Gasteiger partial charge in [0.25, 0.3) is 12.1 Å². The van der Waals surface area contributed by atoms with Crippen LogP contribution < -0.4 is 14.7 Å². The van der Waals surface area contributed by atoms with Crippen LogP contribution in [0.15, 0.2) is 87.1 Å². The van der Waals surface area contributed by atoms with Crippen LogP contribution in [0.5, 0.6) is 0 Å². The van der Waals surface area contributed by atoms with Crippen LogP contribution in [0.25, 0.3) is 6.08 Å². The number of aliphatic imine (C=N–C) groups is 2. The molecule has 0 spiro atoms. The molecule has 0 atom stereocenters. The van der Waals surface area contributed by atoms with E-state index >= 15 is 0 Å². The fourth-order valence-electron chi connectivity index (χ4n) is 2.75. The van der Waals surface area contributed by atoms with Crippen molar-refractivity contribution in [1.29, 1.82) is 0 Å². The number of rotatable bonds is 5. The number of hydrogen-bond donors (Lipinski definition) is 0. The maximum Gasteiger partial charge on any atom is 0.320 e. The Morgan fingerprint density at radius 2 is 1.90 bits per heavy atom. The van der Waals surface area contributed by atoms with Gasteiger partial charge in [-0.05, 0) is 29.7 Å². The smallest absolute Gasteiger partial charge is 0.320 e. The highest BCUT2D eigenvalue weighted by Crippen LogP contribution is 2.29. The van der Waals surface area contributed by atoms with Gasteiger partial charge in [-0.1, -0.05) is 65.0 Å². The lowest BCUT2D eigenvalue weighted by Crippen LogP contribution is -2.31. The molecule has 8 nitrogen and oxygen atoms in total. The van der Waals surface area contributed by atoms with Crippen LogP contribution in [0.2, 0.25) is 0 Å². The van der Waals surface area contributed by atoms with E-state index < -0.39 is 5.90 Å². The average Bonchev–Trinajstić information content (AvgIpc) is 3.30. The largest absolute Gasteiger partial charge is 0.861 e. The molecule has 9 heteroatoms. The van der Waals surface area contributed by atoms with Gasteiger partial charge in [0.1, 0.15) is 5.70 Å². The number of anilines is 1. The van der Waals surface area contributed by atoms with E-state index in [0.717, 1.165) is 17.3 Å². The maximum atomic E-state index is 13.1. The monoisotopic (exact) mass is 419 g/mol. The molecule has 4 rings (SSSR count). The van der Waals surface area contributed by atoms with Crippen LogP contribution in [0, 0.1) is 0 Å². The Bertz CT molecular complexity index is 1140. The summed E-state index contributed by atoms with van der Waals surface area (Å²) < 4.78 is 6.32. The number of nitrogens with zero attached hydrogens (tertiary/aromatic N) is 5. The number of carbonyl (C=O) groups excluding carboxylic acids is 1. The Balaban J connectivity index is 1.60. The molecular formula is C21H17N5O3S. The molecule has 0 saturated carbocycles. The first-order valence-corrected chi connectivity index (χ1v) is 10.0. The van der Waals surface area contributed by atoms with E-state index in [1.165, 1.54) is 15.8 Å². The number of amidine groups is 1. The normalized spacial score (nSPS) is 15.7. The highest BCUT2D eigenvalue weighted by Gasteiger charge is 2.31. The van der Waals surface area contributed by atoms with E-state index in [1.54, 1.807) is 13.1 Å². The van der Waals surface area contributed by atoms with Gasteiger partial charge in [0.05, 0.1) is 5.69 Å². The van der Waals surface area contributed by atoms with Gasteiger partial charge in [-0.25, -0.2) is 9.98 Å². The van der Waals surface area contributed by atoms with Gasteiger partial charge < -0.3 is 5.11 Å². The number of carbonyl (C=O) groups is 1. The molecule has 2 heterocycles. The van der Waals surface area contributed by atoms with Crippen LogP contribution in [0.4, 0.5) is 11.6 Å². The second-order valence-electron chi connectivity index (χ2n) is 6.32. The van der Waals surface area contributed by atoms with Crippen LogP contribution in [-0.2, 0) is 11.8 Å². The van der Waals surface area contributed by atoms with Gasteiger partial charge in [0.2, 0.25) is 0 Å². The minimum absolute atomic E-state index is 0.00151. The third-order valence-electron chi connectivity index (χ3n) is 4.07. The molecule has 0 aliphatic carbocycles. The molecule has 1 aromatic heterocycles. The van der Waals surface area contributed by atoms with Crippen LogP contribution in [0.1, 0.15) is 5.56 Å². The first-order valence-electron chi connectivity index (χ1n) is 9.05. The Morgan fingerprint density at radius 1 is 1.20 bits per heavy atom. The summed E-state index contributed by atoms with van der Waals surface area (Å²) in [4.78, 5) is 22.9. The lowest BCUT2D eigenvalue weighted by Gasteiger charge is -2.18. The van der Waals surface area contributed by atoms with Crippen molar-refractivity contribution in [1.82, 2.24) is 5.27 Å². The summed E-state index contributed by atoms with van der Waals surface area (Å²) in [6.45, 7) is 0. The van der Waals surface area contributed by atoms with Crippen molar-refractivity contribution in [2.75, 3.05) is 10.7 Å². The lowest BCUT2D eigenvalue weighted by atomic mass is 10.2. The first kappa shape index (κ1) is 19.6. The zero-order chi connectivity index (χ0) is 20.9. The predicted molar refractivity (Wildman–Crippen MR) is 113 cm³/mol. The van der Waals surface area contributed by atoms with Crippen LogP contribution in [0.3, 0.4) is 0 Å². The lowest BCUT2D eigenvalue weighted by molar-refractivity contribution is -0.739. The molecule has 2 aromatic carbocycles. The third kappa shape index (κ3) is 4.47. The number of para-hydroxylation sites is 1. The Morgan fingerprint density at radius 3 is 2.57 bits per heavy atom. The molecular weight excluding hydrogens is 402 g/mol. The summed E-state index contributed by atoms with van der Waals surface area (Å²) >= 11 is 1.14. The highest BCUT2D eigenvalue weighted by molar-refractivity contribution is 8.14. The van der Waals surface area contributed by atoms with Crippen molar-refractivity contribution in [3.63, 3.8) is 0 Å². The van der Waals surface area contributed by atoms with Crippen LogP contribution in [-0.4, -0.2) is 28.0 Å². The van der Waals surface area contributed by atoms with E-state index in [-0.39, 0.29) is 17.5 Å². The van der Waals surface area contributed by atoms with Gasteiger partial charge in [-0.2, -0.15) is 0 Å². The first-order chi connectivity index (χ1) is 14.6. The molecule has 0 unspecified atom stereocenters. The second-order valence-corrected chi connectivity index (χ2v) is 7.26. The SMILES string of the molecule is C[n+]1cc(/N=C(\[O-])CSC2=N/C(=C/c3ccccc3)C(=O)N2c2ccccc2)on1. The van der Waals surface area contributed by atoms with Crippen LogP contribution >= 0.6 is 11.8 Å². The van der Waals surface area contributed by atoms with Crippen molar-refractivity contribution < 1.29 is 19.1 Å². The molecule has 0 fully saturated rings. The van der Waals surface area contributed by atoms with E-state index in [2.05, 4.69) is 15.3 Å². The average molecular weight is 419 g/mol. The fraction of sp³-hybridized carbons (Fsp3) is 0.0952. The van der Waals surface area contributed by atoms with Gasteiger partial charge in [0, 0.05) is 5.75 Å². The molecule has 0 saturated heterocycles. The Kier molecular flexibility index (Phi) is 5.71. The number of amides is 1. The molecule has 30 heavy (non-hydrogen) atoms. The van der Waals surface area contributed by atoms with E-state index in [0.29, 0.717) is 16.6 Å². The van der Waals surface area contributed by atoms with Gasteiger partial charge >= 0.3 is 5.88 Å². The second kappa shape index (κ2) is 8.75. The number of hydrogen-bond acceptors (Lipinski definition) is 7. The van der Waals surface area contributed by atoms with Gasteiger partial charge in [-0.3, -0.25) is 14.2 Å². The topological polar surface area (TPSA) is 98.0 Å². The van der Waals surface area contributed by atoms with Crippen molar-refractivity contribution in [2.45, 2.75) is 0 Å². The van der Waals surface area contributed by atoms with E-state index in [9.17, 15) is 9.90 Å². The minimum atomic E-state index is -0.416. The molecule has 1 amide bonds.